The van der Waals surface area contributed by atoms with E-state index in [2.05, 4.69) is 21.4 Å². The van der Waals surface area contributed by atoms with E-state index in [0.717, 1.165) is 0 Å². The Bertz CT molecular complexity index is 922. The second-order valence-corrected chi connectivity index (χ2v) is 5.67. The number of aromatic hydroxyl groups is 2. The van der Waals surface area contributed by atoms with Gasteiger partial charge in [0.1, 0.15) is 11.5 Å². The zero-order valence-corrected chi connectivity index (χ0v) is 15.6. The van der Waals surface area contributed by atoms with Gasteiger partial charge in [-0.1, -0.05) is 37.3 Å². The van der Waals surface area contributed by atoms with Gasteiger partial charge in [-0.3, -0.25) is 20.4 Å². The van der Waals surface area contributed by atoms with Gasteiger partial charge in [0.25, 0.3) is 11.8 Å². The number of hydrazone groups is 1. The second kappa shape index (κ2) is 9.77. The molecule has 2 aromatic carbocycles. The van der Waals surface area contributed by atoms with Crippen molar-refractivity contribution in [2.45, 2.75) is 20.3 Å². The first-order valence-electron chi connectivity index (χ1n) is 8.63. The van der Waals surface area contributed by atoms with Gasteiger partial charge in [0, 0.05) is 0 Å². The van der Waals surface area contributed by atoms with Gasteiger partial charge in [-0.05, 0) is 37.6 Å². The van der Waals surface area contributed by atoms with Crippen LogP contribution in [-0.4, -0.2) is 27.7 Å². The number of benzene rings is 2. The molecule has 2 amide bonds. The van der Waals surface area contributed by atoms with Crippen molar-refractivity contribution in [2.24, 2.45) is 5.10 Å². The Morgan fingerprint density at radius 1 is 0.929 bits per heavy atom. The van der Waals surface area contributed by atoms with Crippen molar-refractivity contribution < 1.29 is 19.8 Å². The average molecular weight is 382 g/mol. The molecule has 0 radical (unpaired) electrons. The summed E-state index contributed by atoms with van der Waals surface area (Å²) in [6, 6.07) is 12.3. The van der Waals surface area contributed by atoms with Crippen LogP contribution in [0.3, 0.4) is 0 Å². The van der Waals surface area contributed by atoms with Crippen LogP contribution in [0.15, 0.2) is 65.4 Å². The summed E-state index contributed by atoms with van der Waals surface area (Å²) in [7, 11) is 0. The van der Waals surface area contributed by atoms with Crippen molar-refractivity contribution in [1.29, 1.82) is 0 Å². The Hall–Kier alpha value is -3.81. The summed E-state index contributed by atoms with van der Waals surface area (Å²) in [4.78, 5) is 24.4. The predicted molar refractivity (Wildman–Crippen MR) is 106 cm³/mol. The Kier molecular flexibility index (Phi) is 7.15. The van der Waals surface area contributed by atoms with Crippen LogP contribution in [0.4, 0.5) is 0 Å². The molecule has 0 saturated heterocycles. The third kappa shape index (κ3) is 5.10. The molecule has 0 unspecified atom stereocenters. The minimum absolute atomic E-state index is 0.101. The van der Waals surface area contributed by atoms with E-state index in [1.807, 2.05) is 6.92 Å². The van der Waals surface area contributed by atoms with Gasteiger partial charge in [-0.25, -0.2) is 5.43 Å². The number of amides is 2. The molecule has 0 aliphatic carbocycles. The van der Waals surface area contributed by atoms with Gasteiger partial charge in [0.15, 0.2) is 0 Å². The largest absolute Gasteiger partial charge is 0.507 e. The lowest BCUT2D eigenvalue weighted by Crippen LogP contribution is -2.39. The molecule has 8 heteroatoms. The van der Waals surface area contributed by atoms with Crippen LogP contribution in [0.5, 0.6) is 11.5 Å². The Labute approximate surface area is 162 Å². The lowest BCUT2D eigenvalue weighted by Gasteiger charge is -2.14. The topological polar surface area (TPSA) is 123 Å². The fraction of sp³-hybridized carbons (Fsp3) is 0.150. The highest BCUT2D eigenvalue weighted by Gasteiger charge is 2.13. The van der Waals surface area contributed by atoms with Crippen LogP contribution < -0.4 is 16.3 Å². The minimum atomic E-state index is -0.558. The Balaban J connectivity index is 2.05. The normalized spacial score (nSPS) is 11.6. The third-order valence-electron chi connectivity index (χ3n) is 3.83. The van der Waals surface area contributed by atoms with Crippen molar-refractivity contribution in [1.82, 2.24) is 16.3 Å². The molecule has 0 aliphatic rings. The van der Waals surface area contributed by atoms with Crippen LogP contribution in [0.1, 0.15) is 41.0 Å². The zero-order chi connectivity index (χ0) is 20.5. The molecule has 0 aromatic heterocycles. The van der Waals surface area contributed by atoms with Crippen molar-refractivity contribution in [3.63, 3.8) is 0 Å². The minimum Gasteiger partial charge on any atom is -0.507 e. The first-order valence-corrected chi connectivity index (χ1v) is 8.63. The fourth-order valence-electron chi connectivity index (χ4n) is 2.34. The van der Waals surface area contributed by atoms with Gasteiger partial charge in [-0.2, -0.15) is 5.10 Å². The number of para-hydroxylation sites is 2. The lowest BCUT2D eigenvalue weighted by molar-refractivity contribution is 0.0932. The number of nitrogens with one attached hydrogen (secondary N) is 3. The van der Waals surface area contributed by atoms with Gasteiger partial charge in [0.05, 0.1) is 22.5 Å². The summed E-state index contributed by atoms with van der Waals surface area (Å²) in [5.41, 5.74) is 8.78. The summed E-state index contributed by atoms with van der Waals surface area (Å²) in [5, 5.41) is 23.5. The molecule has 0 bridgehead atoms. The van der Waals surface area contributed by atoms with E-state index < -0.39 is 11.8 Å². The first-order chi connectivity index (χ1) is 13.5. The molecule has 2 rings (SSSR count). The van der Waals surface area contributed by atoms with Crippen LogP contribution in [-0.2, 0) is 0 Å². The number of allylic oxidation sites excluding steroid dienone is 2. The zero-order valence-electron chi connectivity index (χ0n) is 15.6. The maximum Gasteiger partial charge on any atom is 0.275 e. The summed E-state index contributed by atoms with van der Waals surface area (Å²) in [6.45, 7) is 3.57. The Morgan fingerprint density at radius 2 is 1.46 bits per heavy atom. The predicted octanol–water partition coefficient (Wildman–Crippen LogP) is 2.43. The molecule has 0 spiro atoms. The molecule has 0 heterocycles. The number of phenols is 2. The molecule has 0 fully saturated rings. The number of hydrogen-bond acceptors (Lipinski definition) is 6. The van der Waals surface area contributed by atoms with Crippen LogP contribution in [0.2, 0.25) is 0 Å². The van der Waals surface area contributed by atoms with Gasteiger partial charge in [0.2, 0.25) is 0 Å². The van der Waals surface area contributed by atoms with Crippen molar-refractivity contribution in [3.05, 3.63) is 71.4 Å². The van der Waals surface area contributed by atoms with Gasteiger partial charge >= 0.3 is 0 Å². The summed E-state index contributed by atoms with van der Waals surface area (Å²) >= 11 is 0. The van der Waals surface area contributed by atoms with E-state index >= 15 is 0 Å². The number of hydrazine groups is 1. The number of carbonyl (C=O) groups excluding carboxylic acids is 2. The average Bonchev–Trinajstić information content (AvgIpc) is 2.70. The van der Waals surface area contributed by atoms with Crippen LogP contribution >= 0.6 is 0 Å². The molecule has 146 valence electrons. The monoisotopic (exact) mass is 382 g/mol. The molecule has 5 N–H and O–H groups in total. The molecular formula is C20H22N4O4. The lowest BCUT2D eigenvalue weighted by atomic mass is 10.2. The number of rotatable bonds is 7. The number of nitrogens with zero attached hydrogens (tertiary/aromatic N) is 1. The van der Waals surface area contributed by atoms with Crippen molar-refractivity contribution in [3.8, 4) is 11.5 Å². The molecule has 2 aromatic rings. The number of phenolic OH excluding ortho intramolecular Hbond substituents is 2. The molecule has 0 atom stereocenters. The summed E-state index contributed by atoms with van der Waals surface area (Å²) in [6.07, 6.45) is 2.14. The van der Waals surface area contributed by atoms with E-state index in [9.17, 15) is 19.8 Å². The van der Waals surface area contributed by atoms with E-state index in [4.69, 9.17) is 0 Å². The highest BCUT2D eigenvalue weighted by Crippen LogP contribution is 2.16. The summed E-state index contributed by atoms with van der Waals surface area (Å²) in [5.74, 6) is -1.36. The van der Waals surface area contributed by atoms with Crippen molar-refractivity contribution in [2.75, 3.05) is 0 Å². The van der Waals surface area contributed by atoms with Gasteiger partial charge in [-0.15, -0.1) is 0 Å². The molecule has 0 saturated carbocycles. The maximum absolute atomic E-state index is 12.2. The molecular weight excluding hydrogens is 360 g/mol. The van der Waals surface area contributed by atoms with Crippen LogP contribution in [0.25, 0.3) is 0 Å². The molecule has 8 nitrogen and oxygen atoms in total. The number of hydrogen-bond donors (Lipinski definition) is 5. The molecule has 0 aliphatic heterocycles. The highest BCUT2D eigenvalue weighted by atomic mass is 16.3. The van der Waals surface area contributed by atoms with Gasteiger partial charge < -0.3 is 10.2 Å². The quantitative estimate of drug-likeness (QED) is 0.372. The molecule has 28 heavy (non-hydrogen) atoms. The van der Waals surface area contributed by atoms with E-state index in [1.165, 1.54) is 24.3 Å². The SMILES string of the molecule is C/C=C(NNC(=O)c1ccccc1O)/C(CC)=N/NC(=O)c1ccccc1O. The maximum atomic E-state index is 12.2. The Morgan fingerprint density at radius 3 is 1.96 bits per heavy atom. The van der Waals surface area contributed by atoms with Crippen molar-refractivity contribution >= 4 is 17.5 Å². The standard InChI is InChI=1S/C20H22N4O4/c1-3-15(21-23-19(27)13-9-5-7-11-17(13)25)16(4-2)22-24-20(28)14-10-6-8-12-18(14)26/h3,5-12,21,25-26H,4H2,1-2H3,(H,23,27)(H,24,28)/b15-3-,22-16+. The first kappa shape index (κ1) is 20.5. The van der Waals surface area contributed by atoms with E-state index in [1.54, 1.807) is 37.3 Å². The number of carbonyl (C=O) groups is 2. The summed E-state index contributed by atoms with van der Waals surface area (Å²) < 4.78 is 0. The highest BCUT2D eigenvalue weighted by molar-refractivity contribution is 6.03. The fourth-order valence-corrected chi connectivity index (χ4v) is 2.34. The van der Waals surface area contributed by atoms with E-state index in [-0.39, 0.29) is 22.6 Å². The smallest absolute Gasteiger partial charge is 0.275 e. The third-order valence-corrected chi connectivity index (χ3v) is 3.83. The van der Waals surface area contributed by atoms with E-state index in [0.29, 0.717) is 17.8 Å². The van der Waals surface area contributed by atoms with Crippen LogP contribution in [0, 0.1) is 0 Å². The second-order valence-electron chi connectivity index (χ2n) is 5.67.